The van der Waals surface area contributed by atoms with E-state index in [1.165, 1.54) is 13.1 Å². The van der Waals surface area contributed by atoms with Gasteiger partial charge in [-0.1, -0.05) is 0 Å². The Morgan fingerprint density at radius 2 is 2.25 bits per heavy atom. The van der Waals surface area contributed by atoms with E-state index in [9.17, 15) is 0 Å². The van der Waals surface area contributed by atoms with Gasteiger partial charge in [0.25, 0.3) is 0 Å². The molecule has 1 N–H and O–H groups in total. The number of nitrogens with zero attached hydrogens (tertiary/aromatic N) is 3. The van der Waals surface area contributed by atoms with E-state index in [0.717, 1.165) is 24.3 Å². The second-order valence-electron chi connectivity index (χ2n) is 3.77. The fourth-order valence-electron chi connectivity index (χ4n) is 2.36. The molecule has 1 aromatic heterocycles. The van der Waals surface area contributed by atoms with Gasteiger partial charge in [0, 0.05) is 6.54 Å². The molecule has 2 heterocycles. The third-order valence-corrected chi connectivity index (χ3v) is 3.13. The summed E-state index contributed by atoms with van der Waals surface area (Å²) in [6, 6.07) is 0. The lowest BCUT2D eigenvalue weighted by molar-refractivity contribution is 0.483. The first-order valence-electron chi connectivity index (χ1n) is 4.48. The summed E-state index contributed by atoms with van der Waals surface area (Å²) in [4.78, 5) is 3.93. The molecule has 3 atom stereocenters. The minimum absolute atomic E-state index is 0.868. The highest BCUT2D eigenvalue weighted by Crippen LogP contribution is 2.49. The number of piperidine rings is 1. The van der Waals surface area contributed by atoms with Crippen LogP contribution in [-0.4, -0.2) is 27.9 Å². The quantitative estimate of drug-likeness (QED) is 0.655. The van der Waals surface area contributed by atoms with Gasteiger partial charge in [-0.2, -0.15) is 5.10 Å². The summed E-state index contributed by atoms with van der Waals surface area (Å²) < 4.78 is 1.95. The minimum Gasteiger partial charge on any atom is -0.316 e. The van der Waals surface area contributed by atoms with Gasteiger partial charge in [-0.05, 0) is 30.8 Å². The Bertz CT molecular complexity index is 259. The summed E-state index contributed by atoms with van der Waals surface area (Å²) in [5.41, 5.74) is 0. The average molecular weight is 164 g/mol. The fourth-order valence-corrected chi connectivity index (χ4v) is 2.36. The molecular formula is C8H12N4. The molecule has 0 aromatic carbocycles. The molecule has 4 nitrogen and oxygen atoms in total. The van der Waals surface area contributed by atoms with Crippen LogP contribution in [0, 0.1) is 17.8 Å². The molecule has 1 saturated carbocycles. The van der Waals surface area contributed by atoms with Crippen molar-refractivity contribution in [3.8, 4) is 0 Å². The second kappa shape index (κ2) is 2.29. The van der Waals surface area contributed by atoms with Gasteiger partial charge in [0.05, 0.1) is 0 Å². The van der Waals surface area contributed by atoms with Crippen LogP contribution < -0.4 is 5.32 Å². The van der Waals surface area contributed by atoms with Crippen LogP contribution in [0.2, 0.25) is 0 Å². The minimum atomic E-state index is 0.868. The molecule has 0 unspecified atom stereocenters. The first-order valence-corrected chi connectivity index (χ1v) is 4.48. The number of nitrogens with one attached hydrogen (secondary N) is 1. The van der Waals surface area contributed by atoms with Crippen LogP contribution in [0.3, 0.4) is 0 Å². The van der Waals surface area contributed by atoms with Crippen LogP contribution >= 0.6 is 0 Å². The van der Waals surface area contributed by atoms with Crippen LogP contribution in [0.4, 0.5) is 0 Å². The van der Waals surface area contributed by atoms with E-state index in [0.29, 0.717) is 0 Å². The van der Waals surface area contributed by atoms with Gasteiger partial charge in [-0.25, -0.2) is 4.98 Å². The lowest BCUT2D eigenvalue weighted by atomic mass is 10.3. The summed E-state index contributed by atoms with van der Waals surface area (Å²) in [5, 5.41) is 7.49. The molecule has 0 amide bonds. The predicted octanol–water partition coefficient (Wildman–Crippen LogP) is -0.257. The zero-order valence-corrected chi connectivity index (χ0v) is 6.85. The Morgan fingerprint density at radius 3 is 2.92 bits per heavy atom. The van der Waals surface area contributed by atoms with Crippen molar-refractivity contribution in [2.45, 2.75) is 6.54 Å². The van der Waals surface area contributed by atoms with E-state index in [2.05, 4.69) is 15.4 Å². The number of aromatic nitrogens is 3. The van der Waals surface area contributed by atoms with Crippen molar-refractivity contribution < 1.29 is 0 Å². The summed E-state index contributed by atoms with van der Waals surface area (Å²) >= 11 is 0. The molecule has 1 saturated heterocycles. The highest BCUT2D eigenvalue weighted by atomic mass is 15.3. The van der Waals surface area contributed by atoms with Crippen molar-refractivity contribution in [2.24, 2.45) is 17.8 Å². The molecule has 64 valence electrons. The largest absolute Gasteiger partial charge is 0.316 e. The highest BCUT2D eigenvalue weighted by Gasteiger charge is 2.52. The van der Waals surface area contributed by atoms with Gasteiger partial charge >= 0.3 is 0 Å². The van der Waals surface area contributed by atoms with Gasteiger partial charge in [0.2, 0.25) is 0 Å². The average Bonchev–Trinajstić information content (AvgIpc) is 2.59. The summed E-state index contributed by atoms with van der Waals surface area (Å²) in [5.74, 6) is 2.72. The van der Waals surface area contributed by atoms with Crippen LogP contribution in [0.15, 0.2) is 12.7 Å². The maximum absolute atomic E-state index is 4.11. The number of rotatable bonds is 2. The molecule has 0 bridgehead atoms. The molecule has 0 spiro atoms. The lowest BCUT2D eigenvalue weighted by Crippen LogP contribution is -2.17. The molecule has 2 aliphatic rings. The van der Waals surface area contributed by atoms with E-state index >= 15 is 0 Å². The zero-order chi connectivity index (χ0) is 7.97. The molecule has 1 aliphatic heterocycles. The normalized spacial score (nSPS) is 38.2. The van der Waals surface area contributed by atoms with Crippen molar-refractivity contribution in [1.82, 2.24) is 20.1 Å². The van der Waals surface area contributed by atoms with Gasteiger partial charge < -0.3 is 5.32 Å². The Kier molecular flexibility index (Phi) is 1.26. The van der Waals surface area contributed by atoms with Gasteiger partial charge in [0.1, 0.15) is 12.7 Å². The monoisotopic (exact) mass is 164 g/mol. The van der Waals surface area contributed by atoms with Crippen molar-refractivity contribution in [3.63, 3.8) is 0 Å². The maximum Gasteiger partial charge on any atom is 0.137 e. The highest BCUT2D eigenvalue weighted by molar-refractivity contribution is 5.03. The molecule has 12 heavy (non-hydrogen) atoms. The van der Waals surface area contributed by atoms with E-state index in [-0.39, 0.29) is 0 Å². The fraction of sp³-hybridized carbons (Fsp3) is 0.750. The Hall–Kier alpha value is -0.900. The number of fused-ring (bicyclic) bond motifs is 1. The Balaban J connectivity index is 1.65. The molecule has 1 aromatic rings. The smallest absolute Gasteiger partial charge is 0.137 e. The van der Waals surface area contributed by atoms with Crippen molar-refractivity contribution >= 4 is 0 Å². The van der Waals surface area contributed by atoms with Crippen LogP contribution in [0.5, 0.6) is 0 Å². The topological polar surface area (TPSA) is 42.7 Å². The van der Waals surface area contributed by atoms with Crippen molar-refractivity contribution in [3.05, 3.63) is 12.7 Å². The summed E-state index contributed by atoms with van der Waals surface area (Å²) in [6.07, 6.45) is 3.41. The molecule has 0 radical (unpaired) electrons. The number of hydrogen-bond donors (Lipinski definition) is 1. The first kappa shape index (κ1) is 6.60. The second-order valence-corrected chi connectivity index (χ2v) is 3.77. The van der Waals surface area contributed by atoms with Crippen molar-refractivity contribution in [1.29, 1.82) is 0 Å². The molecule has 3 rings (SSSR count). The SMILES string of the molecule is c1ncn(C[C@H]2[C@@H]3CNC[C@@H]32)n1. The molecule has 2 fully saturated rings. The third kappa shape index (κ3) is 0.876. The molecular weight excluding hydrogens is 152 g/mol. The van der Waals surface area contributed by atoms with E-state index in [4.69, 9.17) is 0 Å². The summed E-state index contributed by atoms with van der Waals surface area (Å²) in [7, 11) is 0. The molecule has 4 heteroatoms. The van der Waals surface area contributed by atoms with Gasteiger partial charge in [0.15, 0.2) is 0 Å². The summed E-state index contributed by atoms with van der Waals surface area (Å²) in [6.45, 7) is 3.49. The Labute approximate surface area is 71.0 Å². The van der Waals surface area contributed by atoms with Gasteiger partial charge in [-0.3, -0.25) is 4.68 Å². The Morgan fingerprint density at radius 1 is 1.42 bits per heavy atom. The number of hydrogen-bond acceptors (Lipinski definition) is 3. The lowest BCUT2D eigenvalue weighted by Gasteiger charge is -2.02. The van der Waals surface area contributed by atoms with Crippen molar-refractivity contribution in [2.75, 3.05) is 13.1 Å². The van der Waals surface area contributed by atoms with E-state index in [1.807, 2.05) is 11.0 Å². The molecule has 1 aliphatic carbocycles. The standard InChI is InChI=1S/C8H12N4/c1-6-7(2-9-1)8(6)3-12-5-10-4-11-12/h4-9H,1-3H2/t6-,7+,8+. The van der Waals surface area contributed by atoms with Crippen LogP contribution in [0.1, 0.15) is 0 Å². The maximum atomic E-state index is 4.11. The van der Waals surface area contributed by atoms with Crippen LogP contribution in [0.25, 0.3) is 0 Å². The van der Waals surface area contributed by atoms with Crippen LogP contribution in [-0.2, 0) is 6.54 Å². The first-order chi connectivity index (χ1) is 5.95. The third-order valence-electron chi connectivity index (χ3n) is 3.13. The van der Waals surface area contributed by atoms with E-state index in [1.54, 1.807) is 6.33 Å². The van der Waals surface area contributed by atoms with E-state index < -0.39 is 0 Å². The zero-order valence-electron chi connectivity index (χ0n) is 6.85. The predicted molar refractivity (Wildman–Crippen MR) is 43.4 cm³/mol. The van der Waals surface area contributed by atoms with Gasteiger partial charge in [-0.15, -0.1) is 0 Å².